The molecule has 1 fully saturated rings. The molecule has 0 bridgehead atoms. The summed E-state index contributed by atoms with van der Waals surface area (Å²) in [5.74, 6) is -0.403. The lowest BCUT2D eigenvalue weighted by molar-refractivity contribution is -0.144. The fraction of sp³-hybridized carbons (Fsp3) is 0.400. The maximum Gasteiger partial charge on any atom is 0.248 e. The lowest BCUT2D eigenvalue weighted by Gasteiger charge is -2.56. The molecule has 7 nitrogen and oxygen atoms in total. The van der Waals surface area contributed by atoms with Gasteiger partial charge in [-0.3, -0.25) is 9.69 Å². The first-order valence-corrected chi connectivity index (χ1v) is 11.1. The van der Waals surface area contributed by atoms with Gasteiger partial charge in [-0.25, -0.2) is 8.78 Å². The largest absolute Gasteiger partial charge is 0.497 e. The van der Waals surface area contributed by atoms with Crippen molar-refractivity contribution in [1.82, 2.24) is 14.8 Å². The summed E-state index contributed by atoms with van der Waals surface area (Å²) in [6.45, 7) is 1.36. The number of aliphatic hydroxyl groups is 1. The highest BCUT2D eigenvalue weighted by Gasteiger charge is 2.53. The molecule has 3 heterocycles. The van der Waals surface area contributed by atoms with E-state index in [1.54, 1.807) is 12.0 Å². The maximum atomic E-state index is 14.5. The van der Waals surface area contributed by atoms with E-state index in [1.807, 2.05) is 23.1 Å². The molecule has 5 rings (SSSR count). The van der Waals surface area contributed by atoms with Crippen molar-refractivity contribution in [1.29, 1.82) is 0 Å². The van der Waals surface area contributed by atoms with Gasteiger partial charge in [0.15, 0.2) is 0 Å². The molecule has 1 saturated heterocycles. The standard InChI is InChI=1S/C25H27F2N3O4/c1-33-11-22(32)30-13-25(14-30)12-29(9-15-7-16(26)3-6-19(15)27)21(10-31)24-23(25)18-5-4-17(34-2)8-20(18)28-24/h3-8,21,28,31H,9-14H2,1-2H3/t21-/m1/s1. The molecule has 2 N–H and O–H groups in total. The molecule has 0 unspecified atom stereocenters. The van der Waals surface area contributed by atoms with Crippen molar-refractivity contribution in [3.8, 4) is 5.75 Å². The van der Waals surface area contributed by atoms with Gasteiger partial charge in [-0.2, -0.15) is 0 Å². The highest BCUT2D eigenvalue weighted by atomic mass is 19.1. The summed E-state index contributed by atoms with van der Waals surface area (Å²) in [6, 6.07) is 8.74. The molecular weight excluding hydrogens is 444 g/mol. The van der Waals surface area contributed by atoms with E-state index in [0.29, 0.717) is 25.4 Å². The van der Waals surface area contributed by atoms with Crippen LogP contribution in [0.15, 0.2) is 36.4 Å². The number of aromatic amines is 1. The fourth-order valence-electron chi connectivity index (χ4n) is 5.50. The summed E-state index contributed by atoms with van der Waals surface area (Å²) >= 11 is 0. The quantitative estimate of drug-likeness (QED) is 0.578. The summed E-state index contributed by atoms with van der Waals surface area (Å²) in [5.41, 5.74) is 2.56. The molecule has 0 radical (unpaired) electrons. The van der Waals surface area contributed by atoms with Gasteiger partial charge in [-0.05, 0) is 35.9 Å². The number of rotatable bonds is 6. The lowest BCUT2D eigenvalue weighted by Crippen LogP contribution is -2.67. The number of likely N-dealkylation sites (tertiary alicyclic amines) is 1. The highest BCUT2D eigenvalue weighted by molar-refractivity contribution is 5.89. The topological polar surface area (TPSA) is 78.0 Å². The zero-order chi connectivity index (χ0) is 24.0. The Labute approximate surface area is 195 Å². The van der Waals surface area contributed by atoms with E-state index >= 15 is 0 Å². The molecule has 0 aliphatic carbocycles. The molecule has 2 aliphatic heterocycles. The summed E-state index contributed by atoms with van der Waals surface area (Å²) in [5, 5.41) is 11.4. The zero-order valence-corrected chi connectivity index (χ0v) is 19.1. The Morgan fingerprint density at radius 2 is 1.97 bits per heavy atom. The number of H-pyrrole nitrogens is 1. The first-order chi connectivity index (χ1) is 16.4. The average Bonchev–Trinajstić information content (AvgIpc) is 3.18. The fourth-order valence-corrected chi connectivity index (χ4v) is 5.50. The summed E-state index contributed by atoms with van der Waals surface area (Å²) in [4.78, 5) is 19.6. The average molecular weight is 472 g/mol. The van der Waals surface area contributed by atoms with Gasteiger partial charge in [0.1, 0.15) is 24.0 Å². The molecule has 1 aromatic heterocycles. The number of carbonyl (C=O) groups excluding carboxylic acids is 1. The van der Waals surface area contributed by atoms with Crippen molar-refractivity contribution in [3.05, 3.63) is 64.9 Å². The number of benzene rings is 2. The lowest BCUT2D eigenvalue weighted by atomic mass is 9.68. The molecule has 1 atom stereocenters. The molecular formula is C25H27F2N3O4. The molecule has 3 aromatic rings. The third-order valence-electron chi connectivity index (χ3n) is 7.01. The van der Waals surface area contributed by atoms with Crippen LogP contribution in [0.1, 0.15) is 22.9 Å². The number of hydrogen-bond acceptors (Lipinski definition) is 5. The van der Waals surface area contributed by atoms with Gasteiger partial charge >= 0.3 is 0 Å². The predicted molar refractivity (Wildman–Crippen MR) is 122 cm³/mol. The van der Waals surface area contributed by atoms with Crippen LogP contribution in [0.5, 0.6) is 5.75 Å². The van der Waals surface area contributed by atoms with Crippen LogP contribution >= 0.6 is 0 Å². The van der Waals surface area contributed by atoms with E-state index in [0.717, 1.165) is 34.3 Å². The zero-order valence-electron chi connectivity index (χ0n) is 19.1. The van der Waals surface area contributed by atoms with Crippen molar-refractivity contribution in [2.45, 2.75) is 18.0 Å². The maximum absolute atomic E-state index is 14.5. The van der Waals surface area contributed by atoms with Gasteiger partial charge < -0.3 is 24.5 Å². The molecule has 2 aliphatic rings. The first kappa shape index (κ1) is 22.8. The molecule has 180 valence electrons. The number of ether oxygens (including phenoxy) is 2. The van der Waals surface area contributed by atoms with E-state index in [2.05, 4.69) is 4.98 Å². The van der Waals surface area contributed by atoms with Gasteiger partial charge in [-0.1, -0.05) is 0 Å². The molecule has 34 heavy (non-hydrogen) atoms. The number of amides is 1. The second-order valence-electron chi connectivity index (χ2n) is 9.13. The Kier molecular flexibility index (Phi) is 5.79. The summed E-state index contributed by atoms with van der Waals surface area (Å²) < 4.78 is 38.8. The molecule has 9 heteroatoms. The van der Waals surface area contributed by atoms with Crippen LogP contribution in [0.2, 0.25) is 0 Å². The minimum atomic E-state index is -0.512. The number of fused-ring (bicyclic) bond motifs is 4. The van der Waals surface area contributed by atoms with Crippen LogP contribution in [0, 0.1) is 11.6 Å². The number of methoxy groups -OCH3 is 2. The smallest absolute Gasteiger partial charge is 0.248 e. The van der Waals surface area contributed by atoms with E-state index in [1.165, 1.54) is 13.2 Å². The normalized spacial score (nSPS) is 19.3. The van der Waals surface area contributed by atoms with Crippen LogP contribution in [-0.4, -0.2) is 72.9 Å². The van der Waals surface area contributed by atoms with E-state index < -0.39 is 23.1 Å². The monoisotopic (exact) mass is 471 g/mol. The Bertz CT molecular complexity index is 1240. The number of aliphatic hydroxyl groups excluding tert-OH is 1. The minimum Gasteiger partial charge on any atom is -0.497 e. The van der Waals surface area contributed by atoms with Crippen LogP contribution in [-0.2, 0) is 21.5 Å². The van der Waals surface area contributed by atoms with Crippen LogP contribution in [0.3, 0.4) is 0 Å². The Morgan fingerprint density at radius 3 is 2.68 bits per heavy atom. The van der Waals surface area contributed by atoms with Crippen molar-refractivity contribution in [2.75, 3.05) is 47.1 Å². The Balaban J connectivity index is 1.59. The summed E-state index contributed by atoms with van der Waals surface area (Å²) in [7, 11) is 3.09. The second-order valence-corrected chi connectivity index (χ2v) is 9.13. The number of halogens is 2. The Hall–Kier alpha value is -3.01. The number of nitrogens with zero attached hydrogens (tertiary/aromatic N) is 2. The second kappa shape index (κ2) is 8.65. The Morgan fingerprint density at radius 1 is 1.18 bits per heavy atom. The van der Waals surface area contributed by atoms with Gasteiger partial charge in [0.2, 0.25) is 5.91 Å². The first-order valence-electron chi connectivity index (χ1n) is 11.1. The van der Waals surface area contributed by atoms with Gasteiger partial charge in [-0.15, -0.1) is 0 Å². The van der Waals surface area contributed by atoms with Crippen molar-refractivity contribution in [2.24, 2.45) is 0 Å². The molecule has 1 spiro atoms. The predicted octanol–water partition coefficient (Wildman–Crippen LogP) is 2.73. The van der Waals surface area contributed by atoms with E-state index in [9.17, 15) is 18.7 Å². The summed E-state index contributed by atoms with van der Waals surface area (Å²) in [6.07, 6.45) is 0. The van der Waals surface area contributed by atoms with Gasteiger partial charge in [0, 0.05) is 66.9 Å². The van der Waals surface area contributed by atoms with Crippen LogP contribution < -0.4 is 4.74 Å². The third-order valence-corrected chi connectivity index (χ3v) is 7.01. The number of nitrogens with one attached hydrogen (secondary N) is 1. The SMILES string of the molecule is COCC(=O)N1CC2(C1)CN(Cc1cc(F)ccc1F)[C@H](CO)c1[nH]c3cc(OC)ccc3c12. The number of hydrogen-bond donors (Lipinski definition) is 2. The van der Waals surface area contributed by atoms with Gasteiger partial charge in [0.25, 0.3) is 0 Å². The van der Waals surface area contributed by atoms with E-state index in [-0.39, 0.29) is 31.2 Å². The van der Waals surface area contributed by atoms with E-state index in [4.69, 9.17) is 9.47 Å². The van der Waals surface area contributed by atoms with Crippen LogP contribution in [0.25, 0.3) is 10.9 Å². The van der Waals surface area contributed by atoms with Crippen molar-refractivity contribution >= 4 is 16.8 Å². The van der Waals surface area contributed by atoms with Gasteiger partial charge in [0.05, 0.1) is 19.8 Å². The van der Waals surface area contributed by atoms with Crippen LogP contribution in [0.4, 0.5) is 8.78 Å². The van der Waals surface area contributed by atoms with Crippen molar-refractivity contribution in [3.63, 3.8) is 0 Å². The molecule has 2 aromatic carbocycles. The molecule has 0 saturated carbocycles. The minimum absolute atomic E-state index is 0.00546. The highest BCUT2D eigenvalue weighted by Crippen LogP contribution is 2.49. The third kappa shape index (κ3) is 3.64. The molecule has 1 amide bonds. The number of aromatic nitrogens is 1. The van der Waals surface area contributed by atoms with Crippen molar-refractivity contribution < 1.29 is 28.2 Å². The number of carbonyl (C=O) groups is 1.